The van der Waals surface area contributed by atoms with Crippen LogP contribution >= 0.6 is 15.9 Å². The van der Waals surface area contributed by atoms with Gasteiger partial charge in [0.1, 0.15) is 17.4 Å². The highest BCUT2D eigenvalue weighted by Gasteiger charge is 2.12. The Morgan fingerprint density at radius 3 is 2.71 bits per heavy atom. The molecule has 0 spiro atoms. The Labute approximate surface area is 129 Å². The zero-order valence-corrected chi connectivity index (χ0v) is 12.7. The van der Waals surface area contributed by atoms with Crippen molar-refractivity contribution in [2.24, 2.45) is 0 Å². The Balaban J connectivity index is 2.09. The number of halogens is 3. The van der Waals surface area contributed by atoms with Crippen LogP contribution in [0, 0.1) is 11.6 Å². The fourth-order valence-corrected chi connectivity index (χ4v) is 2.10. The second-order valence-corrected chi connectivity index (χ2v) is 5.18. The molecule has 0 aliphatic rings. The number of carbonyl (C=O) groups is 1. The predicted octanol–water partition coefficient (Wildman–Crippen LogP) is 3.92. The average Bonchev–Trinajstić information content (AvgIpc) is 2.45. The van der Waals surface area contributed by atoms with Crippen molar-refractivity contribution >= 4 is 27.5 Å². The molecule has 0 saturated heterocycles. The summed E-state index contributed by atoms with van der Waals surface area (Å²) in [7, 11) is 1.53. The van der Waals surface area contributed by atoms with Gasteiger partial charge in [0, 0.05) is 6.07 Å². The molecule has 6 heteroatoms. The van der Waals surface area contributed by atoms with Gasteiger partial charge in [-0.3, -0.25) is 4.79 Å². The van der Waals surface area contributed by atoms with Gasteiger partial charge in [-0.1, -0.05) is 12.1 Å². The highest BCUT2D eigenvalue weighted by Crippen LogP contribution is 2.23. The minimum Gasteiger partial charge on any atom is -0.497 e. The van der Waals surface area contributed by atoms with E-state index in [4.69, 9.17) is 4.74 Å². The van der Waals surface area contributed by atoms with Gasteiger partial charge in [0.15, 0.2) is 0 Å². The van der Waals surface area contributed by atoms with Gasteiger partial charge < -0.3 is 10.1 Å². The summed E-state index contributed by atoms with van der Waals surface area (Å²) in [5.41, 5.74) is 0.522. The predicted molar refractivity (Wildman–Crippen MR) is 79.4 cm³/mol. The van der Waals surface area contributed by atoms with E-state index in [1.54, 1.807) is 24.3 Å². The first-order chi connectivity index (χ1) is 9.99. The minimum atomic E-state index is -0.706. The van der Waals surface area contributed by atoms with Crippen LogP contribution in [0.3, 0.4) is 0 Å². The molecule has 0 unspecified atom stereocenters. The maximum absolute atomic E-state index is 13.6. The Morgan fingerprint density at radius 2 is 2.00 bits per heavy atom. The number of nitrogens with one attached hydrogen (secondary N) is 1. The Kier molecular flexibility index (Phi) is 4.90. The molecule has 3 nitrogen and oxygen atoms in total. The normalized spacial score (nSPS) is 10.3. The molecule has 0 bridgehead atoms. The molecule has 110 valence electrons. The zero-order valence-electron chi connectivity index (χ0n) is 11.1. The summed E-state index contributed by atoms with van der Waals surface area (Å²) < 4.78 is 32.0. The number of hydrogen-bond acceptors (Lipinski definition) is 2. The summed E-state index contributed by atoms with van der Waals surface area (Å²) in [6.07, 6.45) is 0.0360. The first kappa shape index (κ1) is 15.4. The summed E-state index contributed by atoms with van der Waals surface area (Å²) in [6.45, 7) is 0. The lowest BCUT2D eigenvalue weighted by atomic mass is 10.1. The largest absolute Gasteiger partial charge is 0.497 e. The van der Waals surface area contributed by atoms with E-state index in [1.807, 2.05) is 0 Å². The number of hydrogen-bond donors (Lipinski definition) is 1. The maximum Gasteiger partial charge on any atom is 0.228 e. The highest BCUT2D eigenvalue weighted by molar-refractivity contribution is 9.10. The smallest absolute Gasteiger partial charge is 0.228 e. The zero-order chi connectivity index (χ0) is 15.4. The number of benzene rings is 2. The van der Waals surface area contributed by atoms with Gasteiger partial charge in [0.25, 0.3) is 0 Å². The van der Waals surface area contributed by atoms with Crippen LogP contribution in [0.1, 0.15) is 5.56 Å². The third-order valence-electron chi connectivity index (χ3n) is 2.78. The second-order valence-electron chi connectivity index (χ2n) is 4.32. The molecule has 0 fully saturated rings. The van der Waals surface area contributed by atoms with Gasteiger partial charge in [-0.05, 0) is 39.7 Å². The molecule has 1 amide bonds. The molecule has 0 heterocycles. The molecule has 21 heavy (non-hydrogen) atoms. The standard InChI is InChI=1S/C15H12BrF2NO2/c1-21-10-4-2-3-9(5-10)6-15(20)19-14-8-12(17)11(16)7-13(14)18/h2-5,7-8H,6H2,1H3,(H,19,20). The Hall–Kier alpha value is -1.95. The quantitative estimate of drug-likeness (QED) is 0.844. The first-order valence-electron chi connectivity index (χ1n) is 6.07. The van der Waals surface area contributed by atoms with Crippen molar-refractivity contribution in [2.45, 2.75) is 6.42 Å². The van der Waals surface area contributed by atoms with Gasteiger partial charge in [0.05, 0.1) is 23.7 Å². The van der Waals surface area contributed by atoms with Crippen molar-refractivity contribution in [3.63, 3.8) is 0 Å². The van der Waals surface area contributed by atoms with Crippen molar-refractivity contribution in [3.8, 4) is 5.75 Å². The fourth-order valence-electron chi connectivity index (χ4n) is 1.78. The lowest BCUT2D eigenvalue weighted by Crippen LogP contribution is -2.15. The van der Waals surface area contributed by atoms with Crippen LogP contribution in [0.15, 0.2) is 40.9 Å². The molecule has 1 N–H and O–H groups in total. The number of anilines is 1. The minimum absolute atomic E-state index is 0.00537. The lowest BCUT2D eigenvalue weighted by Gasteiger charge is -2.08. The highest BCUT2D eigenvalue weighted by atomic mass is 79.9. The molecule has 0 radical (unpaired) electrons. The number of carbonyl (C=O) groups excluding carboxylic acids is 1. The van der Waals surface area contributed by atoms with E-state index in [-0.39, 0.29) is 16.6 Å². The topological polar surface area (TPSA) is 38.3 Å². The van der Waals surface area contributed by atoms with Gasteiger partial charge in [-0.25, -0.2) is 8.78 Å². The average molecular weight is 356 g/mol. The fraction of sp³-hybridized carbons (Fsp3) is 0.133. The molecule has 0 aliphatic carbocycles. The van der Waals surface area contributed by atoms with Crippen molar-refractivity contribution in [3.05, 3.63) is 58.1 Å². The van der Waals surface area contributed by atoms with E-state index in [0.717, 1.165) is 12.1 Å². The number of methoxy groups -OCH3 is 1. The van der Waals surface area contributed by atoms with Gasteiger partial charge in [-0.15, -0.1) is 0 Å². The van der Waals surface area contributed by atoms with E-state index in [1.165, 1.54) is 7.11 Å². The van der Waals surface area contributed by atoms with Gasteiger partial charge >= 0.3 is 0 Å². The SMILES string of the molecule is COc1cccc(CC(=O)Nc2cc(F)c(Br)cc2F)c1. The van der Waals surface area contributed by atoms with E-state index in [9.17, 15) is 13.6 Å². The van der Waals surface area contributed by atoms with E-state index < -0.39 is 17.5 Å². The molecule has 0 atom stereocenters. The van der Waals surface area contributed by atoms with Gasteiger partial charge in [-0.2, -0.15) is 0 Å². The molecule has 0 aliphatic heterocycles. The monoisotopic (exact) mass is 355 g/mol. The molecule has 2 aromatic rings. The number of ether oxygens (including phenoxy) is 1. The van der Waals surface area contributed by atoms with E-state index in [2.05, 4.69) is 21.2 Å². The molecular weight excluding hydrogens is 344 g/mol. The molecule has 0 saturated carbocycles. The third-order valence-corrected chi connectivity index (χ3v) is 3.39. The van der Waals surface area contributed by atoms with Crippen molar-refractivity contribution < 1.29 is 18.3 Å². The van der Waals surface area contributed by atoms with Crippen LogP contribution in [0.25, 0.3) is 0 Å². The number of amides is 1. The van der Waals surface area contributed by atoms with Gasteiger partial charge in [0.2, 0.25) is 5.91 Å². The maximum atomic E-state index is 13.6. The second kappa shape index (κ2) is 6.67. The molecule has 2 rings (SSSR count). The summed E-state index contributed by atoms with van der Waals surface area (Å²) in [5, 5.41) is 2.35. The number of rotatable bonds is 4. The first-order valence-corrected chi connectivity index (χ1v) is 6.86. The Bertz CT molecular complexity index is 677. The van der Waals surface area contributed by atoms with Crippen molar-refractivity contribution in [1.82, 2.24) is 0 Å². The summed E-state index contributed by atoms with van der Waals surface area (Å²) in [6, 6.07) is 8.87. The summed E-state index contributed by atoms with van der Waals surface area (Å²) in [4.78, 5) is 11.9. The van der Waals surface area contributed by atoms with Crippen LogP contribution in [-0.4, -0.2) is 13.0 Å². The van der Waals surface area contributed by atoms with Crippen LogP contribution < -0.4 is 10.1 Å². The van der Waals surface area contributed by atoms with Crippen molar-refractivity contribution in [2.75, 3.05) is 12.4 Å². The van der Waals surface area contributed by atoms with Crippen LogP contribution in [0.2, 0.25) is 0 Å². The summed E-state index contributed by atoms with van der Waals surface area (Å²) in [5.74, 6) is -1.17. The molecule has 0 aromatic heterocycles. The lowest BCUT2D eigenvalue weighted by molar-refractivity contribution is -0.115. The molecule has 2 aromatic carbocycles. The van der Waals surface area contributed by atoms with Crippen LogP contribution in [0.5, 0.6) is 5.75 Å². The van der Waals surface area contributed by atoms with E-state index >= 15 is 0 Å². The van der Waals surface area contributed by atoms with Crippen LogP contribution in [-0.2, 0) is 11.2 Å². The molecular formula is C15H12BrF2NO2. The summed E-state index contributed by atoms with van der Waals surface area (Å²) >= 11 is 2.87. The van der Waals surface area contributed by atoms with E-state index in [0.29, 0.717) is 11.3 Å². The third kappa shape index (κ3) is 4.01. The van der Waals surface area contributed by atoms with Crippen molar-refractivity contribution in [1.29, 1.82) is 0 Å². The Morgan fingerprint density at radius 1 is 1.24 bits per heavy atom. The van der Waals surface area contributed by atoms with Crippen LogP contribution in [0.4, 0.5) is 14.5 Å².